The minimum Gasteiger partial charge on any atom is -0.393 e. The van der Waals surface area contributed by atoms with E-state index in [2.05, 4.69) is 10.6 Å². The van der Waals surface area contributed by atoms with Crippen molar-refractivity contribution in [2.24, 2.45) is 0 Å². The zero-order chi connectivity index (χ0) is 16.0. The average molecular weight is 325 g/mol. The lowest BCUT2D eigenvalue weighted by Crippen LogP contribution is -2.31. The predicted octanol–water partition coefficient (Wildman–Crippen LogP) is 3.64. The first-order valence-electron chi connectivity index (χ1n) is 6.33. The predicted molar refractivity (Wildman–Crippen MR) is 74.4 cm³/mol. The van der Waals surface area contributed by atoms with Crippen LogP contribution in [0.4, 0.5) is 23.7 Å². The number of hydrogen-bond acceptors (Lipinski definition) is 2. The smallest absolute Gasteiger partial charge is 0.393 e. The lowest BCUT2D eigenvalue weighted by atomic mass is 10.2. The number of alkyl halides is 3. The summed E-state index contributed by atoms with van der Waals surface area (Å²) in [5, 5.41) is 13.9. The molecule has 1 aromatic rings. The van der Waals surface area contributed by atoms with E-state index in [9.17, 15) is 23.1 Å². The number of hydrogen-bond donors (Lipinski definition) is 3. The van der Waals surface area contributed by atoms with Crippen molar-refractivity contribution in [2.75, 3.05) is 11.9 Å². The van der Waals surface area contributed by atoms with Crippen molar-refractivity contribution >= 4 is 23.3 Å². The highest BCUT2D eigenvalue weighted by Crippen LogP contribution is 2.33. The standard InChI is InChI=1S/C13H16ClF3N2O2/c1-2-9(20)5-6-18-12(21)19-11-4-3-8(7-10(11)14)13(15,16)17/h3-4,7,9,20H,2,5-6H2,1H3,(H2,18,19,21). The highest BCUT2D eigenvalue weighted by Gasteiger charge is 2.30. The highest BCUT2D eigenvalue weighted by molar-refractivity contribution is 6.33. The van der Waals surface area contributed by atoms with Gasteiger partial charge in [0.2, 0.25) is 0 Å². The van der Waals surface area contributed by atoms with Crippen molar-refractivity contribution in [1.29, 1.82) is 0 Å². The highest BCUT2D eigenvalue weighted by atomic mass is 35.5. The lowest BCUT2D eigenvalue weighted by Gasteiger charge is -2.12. The molecule has 0 spiro atoms. The molecule has 1 aromatic carbocycles. The first-order chi connectivity index (χ1) is 9.74. The van der Waals surface area contributed by atoms with Crippen LogP contribution in [0.2, 0.25) is 5.02 Å². The lowest BCUT2D eigenvalue weighted by molar-refractivity contribution is -0.137. The van der Waals surface area contributed by atoms with Crippen molar-refractivity contribution in [3.8, 4) is 0 Å². The summed E-state index contributed by atoms with van der Waals surface area (Å²) < 4.78 is 37.4. The van der Waals surface area contributed by atoms with E-state index in [4.69, 9.17) is 11.6 Å². The maximum atomic E-state index is 12.5. The van der Waals surface area contributed by atoms with Crippen LogP contribution in [0.1, 0.15) is 25.3 Å². The van der Waals surface area contributed by atoms with Crippen LogP contribution in [0.3, 0.4) is 0 Å². The molecule has 0 aliphatic heterocycles. The molecule has 4 nitrogen and oxygen atoms in total. The third-order valence-electron chi connectivity index (χ3n) is 2.78. The summed E-state index contributed by atoms with van der Waals surface area (Å²) in [6.45, 7) is 2.06. The fraction of sp³-hybridized carbons (Fsp3) is 0.462. The first-order valence-corrected chi connectivity index (χ1v) is 6.71. The normalized spacial score (nSPS) is 12.9. The Kier molecular flexibility index (Phi) is 6.29. The fourth-order valence-electron chi connectivity index (χ4n) is 1.52. The van der Waals surface area contributed by atoms with Gasteiger partial charge in [0.05, 0.1) is 22.4 Å². The van der Waals surface area contributed by atoms with E-state index >= 15 is 0 Å². The van der Waals surface area contributed by atoms with E-state index in [-0.39, 0.29) is 17.3 Å². The van der Waals surface area contributed by atoms with Gasteiger partial charge in [0.15, 0.2) is 0 Å². The number of anilines is 1. The second-order valence-electron chi connectivity index (χ2n) is 4.42. The molecule has 0 aromatic heterocycles. The summed E-state index contributed by atoms with van der Waals surface area (Å²) in [6.07, 6.45) is -4.01. The van der Waals surface area contributed by atoms with Crippen LogP contribution in [-0.2, 0) is 6.18 Å². The van der Waals surface area contributed by atoms with Crippen molar-refractivity contribution < 1.29 is 23.1 Å². The van der Waals surface area contributed by atoms with Crippen LogP contribution in [0, 0.1) is 0 Å². The number of carbonyl (C=O) groups excluding carboxylic acids is 1. The molecule has 1 atom stereocenters. The molecule has 8 heteroatoms. The minimum absolute atomic E-state index is 0.0817. The number of halogens is 4. The molecule has 2 amide bonds. The van der Waals surface area contributed by atoms with Gasteiger partial charge < -0.3 is 15.7 Å². The topological polar surface area (TPSA) is 61.4 Å². The second-order valence-corrected chi connectivity index (χ2v) is 4.83. The number of aliphatic hydroxyl groups is 1. The maximum absolute atomic E-state index is 12.5. The summed E-state index contributed by atoms with van der Waals surface area (Å²) in [5.74, 6) is 0. The number of aliphatic hydroxyl groups excluding tert-OH is 1. The zero-order valence-corrected chi connectivity index (χ0v) is 12.1. The van der Waals surface area contributed by atoms with Crippen LogP contribution in [0.5, 0.6) is 0 Å². The molecule has 1 unspecified atom stereocenters. The molecule has 0 heterocycles. The summed E-state index contributed by atoms with van der Waals surface area (Å²) in [4.78, 5) is 11.5. The molecule has 0 radical (unpaired) electrons. The van der Waals surface area contributed by atoms with Gasteiger partial charge in [-0.25, -0.2) is 4.79 Å². The molecule has 0 aliphatic carbocycles. The Morgan fingerprint density at radius 1 is 1.43 bits per heavy atom. The molecule has 0 fully saturated rings. The third kappa shape index (κ3) is 5.81. The van der Waals surface area contributed by atoms with Gasteiger partial charge in [-0.2, -0.15) is 13.2 Å². The minimum atomic E-state index is -4.49. The van der Waals surface area contributed by atoms with Crippen molar-refractivity contribution in [3.05, 3.63) is 28.8 Å². The van der Waals surface area contributed by atoms with Gasteiger partial charge in [0, 0.05) is 6.54 Å². The van der Waals surface area contributed by atoms with Crippen LogP contribution in [-0.4, -0.2) is 23.8 Å². The van der Waals surface area contributed by atoms with Gasteiger partial charge in [-0.3, -0.25) is 0 Å². The van der Waals surface area contributed by atoms with Crippen LogP contribution < -0.4 is 10.6 Å². The maximum Gasteiger partial charge on any atom is 0.416 e. The van der Waals surface area contributed by atoms with Gasteiger partial charge >= 0.3 is 12.2 Å². The molecule has 0 saturated heterocycles. The summed E-state index contributed by atoms with van der Waals surface area (Å²) >= 11 is 5.70. The summed E-state index contributed by atoms with van der Waals surface area (Å²) in [7, 11) is 0. The van der Waals surface area contributed by atoms with E-state index in [1.165, 1.54) is 0 Å². The molecular formula is C13H16ClF3N2O2. The molecule has 118 valence electrons. The van der Waals surface area contributed by atoms with Gasteiger partial charge in [-0.1, -0.05) is 18.5 Å². The molecule has 0 saturated carbocycles. The van der Waals surface area contributed by atoms with Crippen LogP contribution in [0.25, 0.3) is 0 Å². The Hall–Kier alpha value is -1.47. The van der Waals surface area contributed by atoms with Gasteiger partial charge in [-0.15, -0.1) is 0 Å². The Balaban J connectivity index is 2.57. The van der Waals surface area contributed by atoms with E-state index < -0.39 is 23.9 Å². The number of nitrogens with one attached hydrogen (secondary N) is 2. The van der Waals surface area contributed by atoms with E-state index in [0.29, 0.717) is 12.8 Å². The fourth-order valence-corrected chi connectivity index (χ4v) is 1.74. The quantitative estimate of drug-likeness (QED) is 0.774. The van der Waals surface area contributed by atoms with Crippen molar-refractivity contribution in [2.45, 2.75) is 32.0 Å². The van der Waals surface area contributed by atoms with E-state index in [1.807, 2.05) is 6.92 Å². The average Bonchev–Trinajstić information content (AvgIpc) is 2.39. The number of benzene rings is 1. The van der Waals surface area contributed by atoms with Gasteiger partial charge in [0.25, 0.3) is 0 Å². The van der Waals surface area contributed by atoms with Gasteiger partial charge in [0.1, 0.15) is 0 Å². The third-order valence-corrected chi connectivity index (χ3v) is 3.09. The monoisotopic (exact) mass is 324 g/mol. The van der Waals surface area contributed by atoms with Crippen LogP contribution >= 0.6 is 11.6 Å². The first kappa shape index (κ1) is 17.6. The molecule has 1 rings (SSSR count). The molecule has 21 heavy (non-hydrogen) atoms. The second kappa shape index (κ2) is 7.51. The molecular weight excluding hydrogens is 309 g/mol. The van der Waals surface area contributed by atoms with E-state index in [1.54, 1.807) is 0 Å². The summed E-state index contributed by atoms with van der Waals surface area (Å²) in [5.41, 5.74) is -0.803. The Labute approximate surface area is 125 Å². The zero-order valence-electron chi connectivity index (χ0n) is 11.3. The number of amides is 2. The molecule has 0 bridgehead atoms. The number of rotatable bonds is 5. The summed E-state index contributed by atoms with van der Waals surface area (Å²) in [6, 6.07) is 2.08. The largest absolute Gasteiger partial charge is 0.416 e. The Morgan fingerprint density at radius 2 is 2.10 bits per heavy atom. The van der Waals surface area contributed by atoms with Crippen molar-refractivity contribution in [1.82, 2.24) is 5.32 Å². The number of urea groups is 1. The van der Waals surface area contributed by atoms with E-state index in [0.717, 1.165) is 18.2 Å². The van der Waals surface area contributed by atoms with Crippen molar-refractivity contribution in [3.63, 3.8) is 0 Å². The molecule has 3 N–H and O–H groups in total. The van der Waals surface area contributed by atoms with Crippen LogP contribution in [0.15, 0.2) is 18.2 Å². The Bertz CT molecular complexity index is 495. The molecule has 0 aliphatic rings. The number of carbonyl (C=O) groups is 1. The SMILES string of the molecule is CCC(O)CCNC(=O)Nc1ccc(C(F)(F)F)cc1Cl. The Morgan fingerprint density at radius 3 is 2.62 bits per heavy atom. The van der Waals surface area contributed by atoms with Gasteiger partial charge in [-0.05, 0) is 31.0 Å².